The van der Waals surface area contributed by atoms with E-state index in [2.05, 4.69) is 5.32 Å². The van der Waals surface area contributed by atoms with Gasteiger partial charge in [0.2, 0.25) is 15.9 Å². The quantitative estimate of drug-likeness (QED) is 0.338. The summed E-state index contributed by atoms with van der Waals surface area (Å²) in [4.78, 5) is 25.6. The monoisotopic (exact) mass is 580 g/mol. The molecule has 1 N–H and O–H groups in total. The molecule has 0 aliphatic carbocycles. The fraction of sp³-hybridized carbons (Fsp3) is 0.231. The van der Waals surface area contributed by atoms with Crippen molar-refractivity contribution < 1.29 is 32.2 Å². The fourth-order valence-electron chi connectivity index (χ4n) is 3.56. The van der Waals surface area contributed by atoms with Gasteiger partial charge in [-0.15, -0.1) is 0 Å². The molecule has 0 atom stereocenters. The van der Waals surface area contributed by atoms with Crippen molar-refractivity contribution >= 4 is 50.8 Å². The molecular formula is C26H26Cl2N2O7S. The molecule has 0 radical (unpaired) electrons. The normalized spacial score (nSPS) is 11.2. The Labute approximate surface area is 231 Å². The van der Waals surface area contributed by atoms with Crippen molar-refractivity contribution in [3.63, 3.8) is 0 Å². The number of benzene rings is 3. The number of nitrogens with one attached hydrogen (secondary N) is 1. The zero-order valence-electron chi connectivity index (χ0n) is 21.1. The number of hydrogen-bond acceptors (Lipinski definition) is 7. The highest BCUT2D eigenvalue weighted by Crippen LogP contribution is 2.34. The highest BCUT2D eigenvalue weighted by atomic mass is 35.5. The predicted molar refractivity (Wildman–Crippen MR) is 145 cm³/mol. The average Bonchev–Trinajstić information content (AvgIpc) is 2.89. The number of carbonyl (C=O) groups is 2. The van der Waals surface area contributed by atoms with E-state index in [1.807, 2.05) is 6.92 Å². The molecule has 1 amide bonds. The second-order valence-corrected chi connectivity index (χ2v) is 10.8. The zero-order valence-corrected chi connectivity index (χ0v) is 23.4. The summed E-state index contributed by atoms with van der Waals surface area (Å²) in [5, 5.41) is 3.07. The van der Waals surface area contributed by atoms with Crippen molar-refractivity contribution in [3.8, 4) is 11.5 Å². The number of anilines is 1. The van der Waals surface area contributed by atoms with Crippen LogP contribution in [0.25, 0.3) is 0 Å². The molecule has 0 saturated carbocycles. The topological polar surface area (TPSA) is 111 Å². The Morgan fingerprint density at radius 2 is 1.50 bits per heavy atom. The highest BCUT2D eigenvalue weighted by molar-refractivity contribution is 7.89. The van der Waals surface area contributed by atoms with Gasteiger partial charge in [0.25, 0.3) is 0 Å². The molecular weight excluding hydrogens is 555 g/mol. The minimum Gasteiger partial charge on any atom is -0.493 e. The van der Waals surface area contributed by atoms with E-state index in [-0.39, 0.29) is 44.2 Å². The first kappa shape index (κ1) is 29.2. The summed E-state index contributed by atoms with van der Waals surface area (Å²) < 4.78 is 43.5. The second-order valence-electron chi connectivity index (χ2n) is 8.08. The van der Waals surface area contributed by atoms with Crippen molar-refractivity contribution in [3.05, 3.63) is 81.3 Å². The van der Waals surface area contributed by atoms with Gasteiger partial charge < -0.3 is 19.5 Å². The molecule has 0 spiro atoms. The van der Waals surface area contributed by atoms with Gasteiger partial charge >= 0.3 is 5.97 Å². The smallest absolute Gasteiger partial charge is 0.340 e. The zero-order chi connectivity index (χ0) is 28.0. The Morgan fingerprint density at radius 1 is 0.921 bits per heavy atom. The maximum absolute atomic E-state index is 13.6. The first-order valence-corrected chi connectivity index (χ1v) is 13.3. The van der Waals surface area contributed by atoms with Crippen LogP contribution in [0.1, 0.15) is 21.5 Å². The standard InChI is InChI=1S/C26H26Cl2N2O7S/c1-16-8-10-17(11-9-16)38(33,34)30(14-19-20(27)6-5-7-21(19)28)15-25(31)29-22-13-24(36-3)23(35-2)12-18(22)26(32)37-4/h5-13H,14-15H2,1-4H3,(H,29,31). The Balaban J connectivity index is 2.01. The van der Waals surface area contributed by atoms with E-state index in [1.165, 1.54) is 45.6 Å². The maximum Gasteiger partial charge on any atom is 0.340 e. The summed E-state index contributed by atoms with van der Waals surface area (Å²) >= 11 is 12.6. The first-order chi connectivity index (χ1) is 18.0. The van der Waals surface area contributed by atoms with E-state index < -0.39 is 28.4 Å². The molecule has 9 nitrogen and oxygen atoms in total. The third kappa shape index (κ3) is 6.57. The maximum atomic E-state index is 13.6. The molecule has 0 aliphatic rings. The fourth-order valence-corrected chi connectivity index (χ4v) is 5.44. The number of halogens is 2. The van der Waals surface area contributed by atoms with Crippen LogP contribution >= 0.6 is 23.2 Å². The average molecular weight is 581 g/mol. The van der Waals surface area contributed by atoms with Crippen LogP contribution in [0.5, 0.6) is 11.5 Å². The van der Waals surface area contributed by atoms with Crippen LogP contribution in [0.3, 0.4) is 0 Å². The summed E-state index contributed by atoms with van der Waals surface area (Å²) in [5.41, 5.74) is 1.23. The number of aryl methyl sites for hydroxylation is 1. The number of rotatable bonds is 10. The van der Waals surface area contributed by atoms with Crippen LogP contribution in [-0.4, -0.2) is 52.5 Å². The number of nitrogens with zero attached hydrogens (tertiary/aromatic N) is 1. The lowest BCUT2D eigenvalue weighted by Crippen LogP contribution is -2.38. The second kappa shape index (κ2) is 12.5. The molecule has 0 saturated heterocycles. The molecule has 0 aromatic heterocycles. The van der Waals surface area contributed by atoms with E-state index in [4.69, 9.17) is 37.4 Å². The number of ether oxygens (including phenoxy) is 3. The van der Waals surface area contributed by atoms with Crippen molar-refractivity contribution in [2.75, 3.05) is 33.2 Å². The Bertz CT molecular complexity index is 1420. The Morgan fingerprint density at radius 3 is 2.05 bits per heavy atom. The number of sulfonamides is 1. The molecule has 3 rings (SSSR count). The lowest BCUT2D eigenvalue weighted by atomic mass is 10.1. The molecule has 0 heterocycles. The van der Waals surface area contributed by atoms with E-state index in [0.29, 0.717) is 5.56 Å². The van der Waals surface area contributed by atoms with Gasteiger partial charge in [-0.3, -0.25) is 4.79 Å². The molecule has 12 heteroatoms. The SMILES string of the molecule is COC(=O)c1cc(OC)c(OC)cc1NC(=O)CN(Cc1c(Cl)cccc1Cl)S(=O)(=O)c1ccc(C)cc1. The molecule has 0 fully saturated rings. The molecule has 202 valence electrons. The minimum atomic E-state index is -4.17. The van der Waals surface area contributed by atoms with E-state index in [9.17, 15) is 18.0 Å². The van der Waals surface area contributed by atoms with Crippen LogP contribution in [0.15, 0.2) is 59.5 Å². The molecule has 0 aliphatic heterocycles. The largest absolute Gasteiger partial charge is 0.493 e. The lowest BCUT2D eigenvalue weighted by molar-refractivity contribution is -0.116. The van der Waals surface area contributed by atoms with Crippen molar-refractivity contribution in [2.45, 2.75) is 18.4 Å². The third-order valence-corrected chi connectivity index (χ3v) is 8.09. The molecule has 3 aromatic carbocycles. The predicted octanol–water partition coefficient (Wildman–Crippen LogP) is 4.94. The summed E-state index contributed by atoms with van der Waals surface area (Å²) in [5.74, 6) is -1.00. The van der Waals surface area contributed by atoms with Crippen LogP contribution < -0.4 is 14.8 Å². The van der Waals surface area contributed by atoms with Crippen LogP contribution in [0.2, 0.25) is 10.0 Å². The number of amides is 1. The number of carbonyl (C=O) groups excluding carboxylic acids is 2. The number of hydrogen-bond donors (Lipinski definition) is 1. The summed E-state index contributed by atoms with van der Waals surface area (Å²) in [7, 11) is -0.197. The van der Waals surface area contributed by atoms with Gasteiger partial charge in [0.1, 0.15) is 0 Å². The van der Waals surface area contributed by atoms with Crippen molar-refractivity contribution in [1.82, 2.24) is 4.31 Å². The van der Waals surface area contributed by atoms with Crippen molar-refractivity contribution in [1.29, 1.82) is 0 Å². The van der Waals surface area contributed by atoms with Crippen LogP contribution in [-0.2, 0) is 26.1 Å². The van der Waals surface area contributed by atoms with Gasteiger partial charge in [-0.2, -0.15) is 4.31 Å². The number of methoxy groups -OCH3 is 3. The van der Waals surface area contributed by atoms with E-state index in [1.54, 1.807) is 30.3 Å². The van der Waals surface area contributed by atoms with Crippen molar-refractivity contribution in [2.24, 2.45) is 0 Å². The van der Waals surface area contributed by atoms with Gasteiger partial charge in [-0.25, -0.2) is 13.2 Å². The van der Waals surface area contributed by atoms with E-state index in [0.717, 1.165) is 9.87 Å². The summed E-state index contributed by atoms with van der Waals surface area (Å²) in [6.07, 6.45) is 0. The first-order valence-electron chi connectivity index (χ1n) is 11.2. The van der Waals surface area contributed by atoms with Gasteiger partial charge in [0, 0.05) is 34.3 Å². The van der Waals surface area contributed by atoms with Gasteiger partial charge in [0.15, 0.2) is 11.5 Å². The van der Waals surface area contributed by atoms with Gasteiger partial charge in [-0.1, -0.05) is 47.0 Å². The Kier molecular flexibility index (Phi) is 9.61. The van der Waals surface area contributed by atoms with E-state index >= 15 is 0 Å². The molecule has 3 aromatic rings. The third-order valence-electron chi connectivity index (χ3n) is 5.58. The minimum absolute atomic E-state index is 0.0133. The summed E-state index contributed by atoms with van der Waals surface area (Å²) in [6.45, 7) is 0.928. The van der Waals surface area contributed by atoms with Gasteiger partial charge in [-0.05, 0) is 31.2 Å². The Hall–Kier alpha value is -3.31. The number of esters is 1. The van der Waals surface area contributed by atoms with Gasteiger partial charge in [0.05, 0.1) is 44.0 Å². The van der Waals surface area contributed by atoms with Crippen LogP contribution in [0.4, 0.5) is 5.69 Å². The molecule has 0 unspecified atom stereocenters. The molecule has 0 bridgehead atoms. The lowest BCUT2D eigenvalue weighted by Gasteiger charge is -2.23. The molecule has 38 heavy (non-hydrogen) atoms. The summed E-state index contributed by atoms with van der Waals surface area (Å²) in [6, 6.07) is 13.7. The van der Waals surface area contributed by atoms with Crippen LogP contribution in [0, 0.1) is 6.92 Å². The highest BCUT2D eigenvalue weighted by Gasteiger charge is 2.29.